The molecule has 5 fully saturated rings. The third kappa shape index (κ3) is 4.57. The first-order valence-corrected chi connectivity index (χ1v) is 11.6. The number of urea groups is 2. The number of hydrogen-bond donors (Lipinski definition) is 3. The molecule has 1 saturated heterocycles. The van der Waals surface area contributed by atoms with Gasteiger partial charge in [0, 0.05) is 31.7 Å². The average molecular weight is 391 g/mol. The molecule has 0 radical (unpaired) electrons. The Morgan fingerprint density at radius 2 is 1.57 bits per heavy atom. The zero-order valence-corrected chi connectivity index (χ0v) is 17.5. The molecule has 0 aromatic rings. The molecule has 0 aromatic heterocycles. The summed E-state index contributed by atoms with van der Waals surface area (Å²) in [4.78, 5) is 26.6. The molecular formula is C22H38N4O2. The van der Waals surface area contributed by atoms with Gasteiger partial charge in [0.2, 0.25) is 0 Å². The monoisotopic (exact) mass is 390 g/mol. The molecular weight excluding hydrogens is 352 g/mol. The van der Waals surface area contributed by atoms with E-state index in [2.05, 4.69) is 22.9 Å². The van der Waals surface area contributed by atoms with Crippen LogP contribution in [0.2, 0.25) is 0 Å². The van der Waals surface area contributed by atoms with Crippen LogP contribution in [0.4, 0.5) is 9.59 Å². The fourth-order valence-corrected chi connectivity index (χ4v) is 6.61. The van der Waals surface area contributed by atoms with Crippen LogP contribution in [0.15, 0.2) is 0 Å². The Morgan fingerprint density at radius 3 is 2.14 bits per heavy atom. The van der Waals surface area contributed by atoms with Crippen molar-refractivity contribution in [2.75, 3.05) is 26.2 Å². The van der Waals surface area contributed by atoms with E-state index in [9.17, 15) is 9.59 Å². The standard InChI is InChI=1S/C22H38N4O2/c1-2-3-6-23-21(28)26-7-4-16(5-8-26)15-24-20(27)25-22-12-17-9-18(13-22)11-19(10-17)14-22/h16-19H,2-15H2,1H3,(H,23,28)(H2,24,25,27). The number of nitrogens with one attached hydrogen (secondary N) is 3. The molecule has 5 rings (SSSR count). The summed E-state index contributed by atoms with van der Waals surface area (Å²) in [5, 5.41) is 9.54. The second-order valence-electron chi connectivity index (χ2n) is 10.0. The summed E-state index contributed by atoms with van der Waals surface area (Å²) < 4.78 is 0. The van der Waals surface area contributed by atoms with Crippen molar-refractivity contribution < 1.29 is 9.59 Å². The van der Waals surface area contributed by atoms with Crippen LogP contribution in [0.3, 0.4) is 0 Å². The normalized spacial score (nSPS) is 34.3. The van der Waals surface area contributed by atoms with E-state index in [0.29, 0.717) is 5.92 Å². The largest absolute Gasteiger partial charge is 0.338 e. The first kappa shape index (κ1) is 19.8. The third-order valence-electron chi connectivity index (χ3n) is 7.68. The van der Waals surface area contributed by atoms with Gasteiger partial charge in [0.15, 0.2) is 0 Å². The number of likely N-dealkylation sites (tertiary alicyclic amines) is 1. The Bertz CT molecular complexity index is 536. The van der Waals surface area contributed by atoms with Crippen LogP contribution in [0.5, 0.6) is 0 Å². The van der Waals surface area contributed by atoms with Gasteiger partial charge in [-0.25, -0.2) is 9.59 Å². The summed E-state index contributed by atoms with van der Waals surface area (Å²) in [6, 6.07) is 0.0982. The van der Waals surface area contributed by atoms with Crippen LogP contribution in [0, 0.1) is 23.7 Å². The Kier molecular flexibility index (Phi) is 6.02. The van der Waals surface area contributed by atoms with Gasteiger partial charge in [0.05, 0.1) is 0 Å². The summed E-state index contributed by atoms with van der Waals surface area (Å²) in [5.74, 6) is 3.01. The summed E-state index contributed by atoms with van der Waals surface area (Å²) >= 11 is 0. The Balaban J connectivity index is 1.16. The highest BCUT2D eigenvalue weighted by Gasteiger charge is 2.51. The fourth-order valence-electron chi connectivity index (χ4n) is 6.61. The van der Waals surface area contributed by atoms with Crippen LogP contribution >= 0.6 is 0 Å². The lowest BCUT2D eigenvalue weighted by atomic mass is 9.53. The van der Waals surface area contributed by atoms with Crippen molar-refractivity contribution in [1.82, 2.24) is 20.9 Å². The summed E-state index contributed by atoms with van der Waals surface area (Å²) in [6.07, 6.45) is 11.8. The molecule has 4 aliphatic carbocycles. The van der Waals surface area contributed by atoms with Gasteiger partial charge in [-0.2, -0.15) is 0 Å². The van der Waals surface area contributed by atoms with Crippen molar-refractivity contribution in [3.63, 3.8) is 0 Å². The molecule has 0 atom stereocenters. The zero-order valence-electron chi connectivity index (χ0n) is 17.5. The second-order valence-corrected chi connectivity index (χ2v) is 10.0. The van der Waals surface area contributed by atoms with E-state index in [1.807, 2.05) is 4.90 Å². The molecule has 0 unspecified atom stereocenters. The van der Waals surface area contributed by atoms with Crippen LogP contribution < -0.4 is 16.0 Å². The third-order valence-corrected chi connectivity index (χ3v) is 7.68. The molecule has 1 aliphatic heterocycles. The maximum Gasteiger partial charge on any atom is 0.317 e. The van der Waals surface area contributed by atoms with Crippen molar-refractivity contribution in [1.29, 1.82) is 0 Å². The summed E-state index contributed by atoms with van der Waals surface area (Å²) in [6.45, 7) is 5.20. The first-order valence-electron chi connectivity index (χ1n) is 11.6. The van der Waals surface area contributed by atoms with Gasteiger partial charge < -0.3 is 20.9 Å². The number of unbranched alkanes of at least 4 members (excludes halogenated alkanes) is 1. The lowest BCUT2D eigenvalue weighted by Crippen LogP contribution is -2.61. The summed E-state index contributed by atoms with van der Waals surface area (Å²) in [5.41, 5.74) is 0.0821. The highest BCUT2D eigenvalue weighted by molar-refractivity contribution is 5.75. The molecule has 6 nitrogen and oxygen atoms in total. The van der Waals surface area contributed by atoms with Gasteiger partial charge in [-0.1, -0.05) is 13.3 Å². The van der Waals surface area contributed by atoms with Gasteiger partial charge in [-0.3, -0.25) is 0 Å². The van der Waals surface area contributed by atoms with Gasteiger partial charge in [-0.15, -0.1) is 0 Å². The van der Waals surface area contributed by atoms with E-state index in [4.69, 9.17) is 0 Å². The smallest absolute Gasteiger partial charge is 0.317 e. The van der Waals surface area contributed by atoms with E-state index < -0.39 is 0 Å². The lowest BCUT2D eigenvalue weighted by molar-refractivity contribution is -0.0135. The number of nitrogens with zero attached hydrogens (tertiary/aromatic N) is 1. The van der Waals surface area contributed by atoms with E-state index in [0.717, 1.165) is 69.6 Å². The van der Waals surface area contributed by atoms with E-state index in [-0.39, 0.29) is 17.6 Å². The van der Waals surface area contributed by atoms with E-state index >= 15 is 0 Å². The molecule has 3 N–H and O–H groups in total. The summed E-state index contributed by atoms with van der Waals surface area (Å²) in [7, 11) is 0. The van der Waals surface area contributed by atoms with Gasteiger partial charge in [0.1, 0.15) is 0 Å². The molecule has 4 saturated carbocycles. The molecule has 0 aromatic carbocycles. The zero-order chi connectivity index (χ0) is 19.6. The molecule has 0 spiro atoms. The topological polar surface area (TPSA) is 73.5 Å². The quantitative estimate of drug-likeness (QED) is 0.608. The predicted molar refractivity (Wildman–Crippen MR) is 110 cm³/mol. The first-order chi connectivity index (χ1) is 13.5. The molecule has 4 amide bonds. The molecule has 6 heteroatoms. The Labute approximate surface area is 169 Å². The lowest BCUT2D eigenvalue weighted by Gasteiger charge is -2.56. The van der Waals surface area contributed by atoms with Gasteiger partial charge >= 0.3 is 12.1 Å². The molecule has 1 heterocycles. The van der Waals surface area contributed by atoms with E-state index in [1.165, 1.54) is 38.5 Å². The predicted octanol–water partition coefficient (Wildman–Crippen LogP) is 3.48. The van der Waals surface area contributed by atoms with Crippen LogP contribution in [0.1, 0.15) is 71.1 Å². The molecule has 5 aliphatic rings. The minimum Gasteiger partial charge on any atom is -0.338 e. The maximum absolute atomic E-state index is 12.6. The second kappa shape index (κ2) is 8.50. The van der Waals surface area contributed by atoms with Crippen molar-refractivity contribution in [2.24, 2.45) is 23.7 Å². The minimum absolute atomic E-state index is 0.0293. The van der Waals surface area contributed by atoms with Gasteiger partial charge in [0.25, 0.3) is 0 Å². The fraction of sp³-hybridized carbons (Fsp3) is 0.909. The number of rotatable bonds is 6. The number of hydrogen-bond acceptors (Lipinski definition) is 2. The number of carbonyl (C=O) groups is 2. The van der Waals surface area contributed by atoms with Crippen molar-refractivity contribution in [2.45, 2.75) is 76.7 Å². The SMILES string of the molecule is CCCCNC(=O)N1CCC(CNC(=O)NC23CC4CC(CC(C4)C2)C3)CC1. The number of amides is 4. The highest BCUT2D eigenvalue weighted by Crippen LogP contribution is 2.55. The number of piperidine rings is 1. The van der Waals surface area contributed by atoms with Crippen molar-refractivity contribution in [3.05, 3.63) is 0 Å². The minimum atomic E-state index is 0.0293. The van der Waals surface area contributed by atoms with Crippen LogP contribution in [-0.4, -0.2) is 48.7 Å². The van der Waals surface area contributed by atoms with E-state index in [1.54, 1.807) is 0 Å². The van der Waals surface area contributed by atoms with Crippen LogP contribution in [-0.2, 0) is 0 Å². The molecule has 28 heavy (non-hydrogen) atoms. The Morgan fingerprint density at radius 1 is 0.964 bits per heavy atom. The Hall–Kier alpha value is -1.46. The molecule has 158 valence electrons. The average Bonchev–Trinajstić information content (AvgIpc) is 2.65. The van der Waals surface area contributed by atoms with Crippen LogP contribution in [0.25, 0.3) is 0 Å². The van der Waals surface area contributed by atoms with Gasteiger partial charge in [-0.05, 0) is 81.5 Å². The van der Waals surface area contributed by atoms with Crippen molar-refractivity contribution >= 4 is 12.1 Å². The maximum atomic E-state index is 12.6. The number of carbonyl (C=O) groups excluding carboxylic acids is 2. The molecule has 4 bridgehead atoms. The highest BCUT2D eigenvalue weighted by atomic mass is 16.2. The van der Waals surface area contributed by atoms with Crippen molar-refractivity contribution in [3.8, 4) is 0 Å².